The number of ether oxygens (including phenoxy) is 2. The molecule has 28 heavy (non-hydrogen) atoms. The molecular formula is C19H18ClN3O5. The molecule has 0 saturated heterocycles. The van der Waals surface area contributed by atoms with Gasteiger partial charge in [-0.15, -0.1) is 0 Å². The molecule has 146 valence electrons. The van der Waals surface area contributed by atoms with Crippen LogP contribution in [0.4, 0.5) is 5.82 Å². The number of anilines is 1. The fourth-order valence-corrected chi connectivity index (χ4v) is 2.59. The number of carbonyl (C=O) groups is 2. The number of furan rings is 1. The minimum Gasteiger partial charge on any atom is -0.484 e. The van der Waals surface area contributed by atoms with Gasteiger partial charge in [0, 0.05) is 7.05 Å². The maximum Gasteiger partial charge on any atom is 0.343 e. The van der Waals surface area contributed by atoms with Crippen molar-refractivity contribution in [1.82, 2.24) is 9.78 Å². The van der Waals surface area contributed by atoms with E-state index in [-0.39, 0.29) is 30.4 Å². The number of halogens is 1. The van der Waals surface area contributed by atoms with Crippen molar-refractivity contribution in [3.8, 4) is 5.75 Å². The van der Waals surface area contributed by atoms with Crippen LogP contribution < -0.4 is 10.1 Å². The van der Waals surface area contributed by atoms with Crippen LogP contribution in [-0.2, 0) is 18.4 Å². The number of nitrogens with zero attached hydrogens (tertiary/aromatic N) is 2. The summed E-state index contributed by atoms with van der Waals surface area (Å²) in [5.41, 5.74) is 0.159. The van der Waals surface area contributed by atoms with Gasteiger partial charge in [0.1, 0.15) is 29.5 Å². The highest BCUT2D eigenvalue weighted by Gasteiger charge is 2.21. The first kappa shape index (κ1) is 19.5. The molecule has 0 aliphatic carbocycles. The van der Waals surface area contributed by atoms with E-state index >= 15 is 0 Å². The number of esters is 1. The number of hydrogen-bond acceptors (Lipinski definition) is 6. The van der Waals surface area contributed by atoms with Gasteiger partial charge in [0.05, 0.1) is 17.8 Å². The van der Waals surface area contributed by atoms with Crippen molar-refractivity contribution < 1.29 is 23.5 Å². The van der Waals surface area contributed by atoms with Gasteiger partial charge in [-0.1, -0.05) is 23.7 Å². The normalized spacial score (nSPS) is 10.5. The Morgan fingerprint density at radius 1 is 1.25 bits per heavy atom. The smallest absolute Gasteiger partial charge is 0.343 e. The third kappa shape index (κ3) is 4.34. The lowest BCUT2D eigenvalue weighted by Gasteiger charge is -2.07. The number of nitrogens with one attached hydrogen (secondary N) is 1. The molecule has 0 aliphatic rings. The van der Waals surface area contributed by atoms with E-state index in [1.165, 1.54) is 16.9 Å². The molecule has 9 heteroatoms. The lowest BCUT2D eigenvalue weighted by molar-refractivity contribution is 0.0527. The molecule has 0 spiro atoms. The molecule has 0 bridgehead atoms. The maximum absolute atomic E-state index is 12.5. The second-order valence-corrected chi connectivity index (χ2v) is 6.10. The van der Waals surface area contributed by atoms with Crippen molar-refractivity contribution in [2.75, 3.05) is 11.9 Å². The summed E-state index contributed by atoms with van der Waals surface area (Å²) in [6.45, 7) is 2.02. The van der Waals surface area contributed by atoms with Gasteiger partial charge in [-0.2, -0.15) is 5.10 Å². The Hall–Kier alpha value is -3.26. The number of carbonyl (C=O) groups excluding carboxylic acids is 2. The van der Waals surface area contributed by atoms with Gasteiger partial charge in [-0.3, -0.25) is 9.48 Å². The Morgan fingerprint density at radius 2 is 2.04 bits per heavy atom. The van der Waals surface area contributed by atoms with Gasteiger partial charge in [-0.25, -0.2) is 4.79 Å². The number of benzene rings is 1. The summed E-state index contributed by atoms with van der Waals surface area (Å²) in [6.07, 6.45) is 1.33. The maximum atomic E-state index is 12.5. The first-order chi connectivity index (χ1) is 13.5. The molecule has 3 rings (SSSR count). The standard InChI is InChI=1S/C19H18ClN3O5/c1-3-26-19(25)13-10-21-23(2)17(13)22-18(24)16-9-8-12(28-16)11-27-15-7-5-4-6-14(15)20/h4-10H,3,11H2,1-2H3,(H,22,24). The van der Waals surface area contributed by atoms with Crippen LogP contribution in [0.1, 0.15) is 33.6 Å². The Bertz CT molecular complexity index is 995. The summed E-state index contributed by atoms with van der Waals surface area (Å²) >= 11 is 6.04. The molecule has 1 N–H and O–H groups in total. The molecule has 2 aromatic heterocycles. The van der Waals surface area contributed by atoms with Gasteiger partial charge in [0.2, 0.25) is 0 Å². The fourth-order valence-electron chi connectivity index (χ4n) is 2.40. The van der Waals surface area contributed by atoms with Crippen molar-refractivity contribution in [3.05, 3.63) is 64.7 Å². The number of amides is 1. The first-order valence-electron chi connectivity index (χ1n) is 8.46. The molecule has 0 radical (unpaired) electrons. The topological polar surface area (TPSA) is 95.6 Å². The molecule has 0 fully saturated rings. The summed E-state index contributed by atoms with van der Waals surface area (Å²) in [5.74, 6) is 0.140. The van der Waals surface area contributed by atoms with Crippen molar-refractivity contribution in [3.63, 3.8) is 0 Å². The van der Waals surface area contributed by atoms with E-state index < -0.39 is 11.9 Å². The van der Waals surface area contributed by atoms with E-state index in [0.29, 0.717) is 16.5 Å². The number of aromatic nitrogens is 2. The van der Waals surface area contributed by atoms with Crippen LogP contribution in [0, 0.1) is 0 Å². The Morgan fingerprint density at radius 3 is 2.79 bits per heavy atom. The van der Waals surface area contributed by atoms with Crippen LogP contribution in [0.3, 0.4) is 0 Å². The zero-order valence-electron chi connectivity index (χ0n) is 15.3. The lowest BCUT2D eigenvalue weighted by Crippen LogP contribution is -2.17. The molecule has 0 unspecified atom stereocenters. The molecular weight excluding hydrogens is 386 g/mol. The zero-order valence-corrected chi connectivity index (χ0v) is 16.0. The van der Waals surface area contributed by atoms with Crippen molar-refractivity contribution in [1.29, 1.82) is 0 Å². The Kier molecular flexibility index (Phi) is 6.00. The van der Waals surface area contributed by atoms with E-state index in [9.17, 15) is 9.59 Å². The molecule has 0 aliphatic heterocycles. The van der Waals surface area contributed by atoms with Gasteiger partial charge in [0.25, 0.3) is 5.91 Å². The number of hydrogen-bond donors (Lipinski definition) is 1. The summed E-state index contributed by atoms with van der Waals surface area (Å²) < 4.78 is 17.4. The average Bonchev–Trinajstić information content (AvgIpc) is 3.29. The first-order valence-corrected chi connectivity index (χ1v) is 8.84. The van der Waals surface area contributed by atoms with E-state index in [2.05, 4.69) is 10.4 Å². The van der Waals surface area contributed by atoms with Crippen LogP contribution in [-0.4, -0.2) is 28.3 Å². The number of aryl methyl sites for hydroxylation is 1. The molecule has 3 aromatic rings. The summed E-state index contributed by atoms with van der Waals surface area (Å²) in [7, 11) is 1.60. The molecule has 1 amide bonds. The fraction of sp³-hybridized carbons (Fsp3) is 0.211. The largest absolute Gasteiger partial charge is 0.484 e. The quantitative estimate of drug-likeness (QED) is 0.604. The second-order valence-electron chi connectivity index (χ2n) is 5.69. The minimum atomic E-state index is -0.570. The van der Waals surface area contributed by atoms with Gasteiger partial charge in [-0.05, 0) is 31.2 Å². The van der Waals surface area contributed by atoms with Crippen molar-refractivity contribution >= 4 is 29.3 Å². The van der Waals surface area contributed by atoms with E-state index in [0.717, 1.165) is 0 Å². The van der Waals surface area contributed by atoms with E-state index in [4.69, 9.17) is 25.5 Å². The summed E-state index contributed by atoms with van der Waals surface area (Å²) in [5, 5.41) is 7.08. The highest BCUT2D eigenvalue weighted by molar-refractivity contribution is 6.32. The predicted molar refractivity (Wildman–Crippen MR) is 102 cm³/mol. The Balaban J connectivity index is 1.67. The Labute approximate surface area is 166 Å². The van der Waals surface area contributed by atoms with Crippen molar-refractivity contribution in [2.24, 2.45) is 7.05 Å². The highest BCUT2D eigenvalue weighted by Crippen LogP contribution is 2.24. The van der Waals surface area contributed by atoms with Crippen LogP contribution in [0.5, 0.6) is 5.75 Å². The second kappa shape index (κ2) is 8.62. The molecule has 0 saturated carbocycles. The molecule has 2 heterocycles. The van der Waals surface area contributed by atoms with E-state index in [1.807, 2.05) is 0 Å². The predicted octanol–water partition coefficient (Wildman–Crippen LogP) is 3.67. The van der Waals surface area contributed by atoms with E-state index in [1.54, 1.807) is 44.3 Å². The minimum absolute atomic E-state index is 0.0637. The summed E-state index contributed by atoms with van der Waals surface area (Å²) in [6, 6.07) is 10.2. The van der Waals surface area contributed by atoms with Crippen LogP contribution in [0.25, 0.3) is 0 Å². The molecule has 0 atom stereocenters. The number of para-hydroxylation sites is 1. The molecule has 1 aromatic carbocycles. The average molecular weight is 404 g/mol. The zero-order chi connectivity index (χ0) is 20.1. The number of rotatable bonds is 7. The monoisotopic (exact) mass is 403 g/mol. The van der Waals surface area contributed by atoms with Gasteiger partial charge < -0.3 is 19.2 Å². The SMILES string of the molecule is CCOC(=O)c1cnn(C)c1NC(=O)c1ccc(COc2ccccc2Cl)o1. The summed E-state index contributed by atoms with van der Waals surface area (Å²) in [4.78, 5) is 24.4. The third-order valence-electron chi connectivity index (χ3n) is 3.76. The molecule has 8 nitrogen and oxygen atoms in total. The van der Waals surface area contributed by atoms with Gasteiger partial charge >= 0.3 is 5.97 Å². The lowest BCUT2D eigenvalue weighted by atomic mass is 10.3. The third-order valence-corrected chi connectivity index (χ3v) is 4.07. The van der Waals surface area contributed by atoms with Gasteiger partial charge in [0.15, 0.2) is 5.76 Å². The van der Waals surface area contributed by atoms with Crippen LogP contribution in [0.2, 0.25) is 5.02 Å². The van der Waals surface area contributed by atoms with Crippen molar-refractivity contribution in [2.45, 2.75) is 13.5 Å². The van der Waals surface area contributed by atoms with Crippen LogP contribution in [0.15, 0.2) is 47.0 Å². The van der Waals surface area contributed by atoms with Crippen LogP contribution >= 0.6 is 11.6 Å². The highest BCUT2D eigenvalue weighted by atomic mass is 35.5.